The number of aliphatic hydroxyl groups excluding tert-OH is 1. The molecule has 0 aromatic carbocycles. The molecule has 0 aliphatic heterocycles. The van der Waals surface area contributed by atoms with Gasteiger partial charge in [-0.25, -0.2) is 0 Å². The molecule has 0 aromatic rings. The van der Waals surface area contributed by atoms with Crippen LogP contribution in [0.25, 0.3) is 0 Å². The maximum absolute atomic E-state index is 7.00. The lowest BCUT2D eigenvalue weighted by Gasteiger charge is -2.59. The molecule has 0 fully saturated rings. The minimum Gasteiger partial charge on any atom is -0.400 e. The fraction of sp³-hybridized carbons (Fsp3) is 1.00. The van der Waals surface area contributed by atoms with E-state index in [2.05, 4.69) is 241 Å². The van der Waals surface area contributed by atoms with Crippen molar-refractivity contribution < 1.29 is 5.11 Å². The van der Waals surface area contributed by atoms with Crippen molar-refractivity contribution >= 4 is 84.2 Å². The van der Waals surface area contributed by atoms with E-state index in [1.165, 1.54) is 19.6 Å². The van der Waals surface area contributed by atoms with Gasteiger partial charge in [0.2, 0.25) is 0 Å². The van der Waals surface area contributed by atoms with Gasteiger partial charge in [-0.15, -0.1) is 21.9 Å². The quantitative estimate of drug-likeness (QED) is 0.184. The average Bonchev–Trinajstić information content (AvgIpc) is 2.79. The predicted octanol–water partition coefficient (Wildman–Crippen LogP) is 18.1. The first kappa shape index (κ1) is 68.7. The van der Waals surface area contributed by atoms with Gasteiger partial charge in [-0.2, -0.15) is 0 Å². The summed E-state index contributed by atoms with van der Waals surface area (Å²) in [5.41, 5.74) is 0. The molecule has 0 bridgehead atoms. The number of rotatable bonds is 9. The predicted molar refractivity (Wildman–Crippen MR) is 299 cm³/mol. The Hall–Kier alpha value is 2.95. The monoisotopic (exact) mass is 954 g/mol. The van der Waals surface area contributed by atoms with Gasteiger partial charge in [0.25, 0.3) is 0 Å². The molecule has 0 spiro atoms. The lowest BCUT2D eigenvalue weighted by molar-refractivity contribution is 0.321. The fourth-order valence-corrected chi connectivity index (χ4v) is 164. The van der Waals surface area contributed by atoms with Gasteiger partial charge in [0.05, 0.1) is 54.2 Å². The highest BCUT2D eigenvalue weighted by Gasteiger charge is 2.57. The third-order valence-electron chi connectivity index (χ3n) is 11.1. The zero-order valence-corrected chi connectivity index (χ0v) is 55.9. The Kier molecular flexibility index (Phi) is 32.8. The van der Waals surface area contributed by atoms with Crippen LogP contribution >= 0.6 is 21.9 Å². The van der Waals surface area contributed by atoms with E-state index in [0.717, 1.165) is 7.11 Å². The first-order valence-corrected chi connectivity index (χ1v) is 57.9. The number of hydrogen-bond acceptors (Lipinski definition) is 2. The molecule has 1 atom stereocenters. The Bertz CT molecular complexity index is 862. The van der Waals surface area contributed by atoms with Crippen LogP contribution in [0.3, 0.4) is 0 Å². The second-order valence-corrected chi connectivity index (χ2v) is 108. The van der Waals surface area contributed by atoms with E-state index in [-0.39, 0.29) is 6.57 Å². The summed E-state index contributed by atoms with van der Waals surface area (Å²) in [6.07, 6.45) is 0. The molecule has 2 nitrogen and oxygen atoms in total. The summed E-state index contributed by atoms with van der Waals surface area (Å²) in [6.45, 7) is 89.1. The first-order chi connectivity index (χ1) is 22.8. The third-order valence-corrected chi connectivity index (χ3v) is 126. The van der Waals surface area contributed by atoms with E-state index in [9.17, 15) is 0 Å². The Morgan fingerprint density at radius 2 is 0.537 bits per heavy atom. The lowest BCUT2D eigenvalue weighted by atomic mass is 10.2. The molecule has 1 N–H and O–H groups in total. The molecule has 0 heterocycles. The molecule has 0 aromatic heterocycles. The lowest BCUT2D eigenvalue weighted by Crippen LogP contribution is -2.53. The van der Waals surface area contributed by atoms with Crippen molar-refractivity contribution in [3.8, 4) is 0 Å². The van der Waals surface area contributed by atoms with Crippen LogP contribution in [-0.2, 0) is 0 Å². The molecule has 0 aliphatic rings. The molecule has 336 valence electrons. The largest absolute Gasteiger partial charge is 0.400 e. The normalized spacial score (nSPS) is 14.0. The SMILES string of the molecule is CC(C)(C)[Si](C)(C)C.CC(C)(C)[Si](C)(C)P([Si](C)(C)C)[Si](C)(C)C(C)(C)C.CCN(CC)CC.CO.C[Si](C)(C)P.C[Si](C)(C)P([Si](C)(C)C)[Si](C)(C)C. The minimum atomic E-state index is -1.23. The molecule has 0 radical (unpaired) electrons. The van der Waals surface area contributed by atoms with Crippen molar-refractivity contribution in [3.05, 3.63) is 0 Å². The minimum absolute atomic E-state index is 0.252. The van der Waals surface area contributed by atoms with Crippen LogP contribution in [0.15, 0.2) is 0 Å². The van der Waals surface area contributed by atoms with Gasteiger partial charge in [0.1, 0.15) is 0 Å². The molecular weight excluding hydrogens is 840 g/mol. The third kappa shape index (κ3) is 30.9. The van der Waals surface area contributed by atoms with Crippen LogP contribution < -0.4 is 0 Å². The van der Waals surface area contributed by atoms with Crippen LogP contribution in [0.2, 0.25) is 159 Å². The van der Waals surface area contributed by atoms with E-state index in [1.54, 1.807) is 0 Å². The second kappa shape index (κ2) is 25.8. The van der Waals surface area contributed by atoms with Crippen LogP contribution in [0.5, 0.6) is 0 Å². The Morgan fingerprint density at radius 3 is 0.574 bits per heavy atom. The Morgan fingerprint density at radius 1 is 0.389 bits per heavy atom. The number of hydrogen-bond donors (Lipinski definition) is 1. The van der Waals surface area contributed by atoms with Crippen molar-refractivity contribution in [2.75, 3.05) is 26.7 Å². The van der Waals surface area contributed by atoms with Crippen LogP contribution in [0.1, 0.15) is 83.1 Å². The van der Waals surface area contributed by atoms with Gasteiger partial charge in [-0.1, -0.05) is 227 Å². The second-order valence-electron chi connectivity index (χ2n) is 25.5. The van der Waals surface area contributed by atoms with Crippen LogP contribution in [0, 0.1) is 0 Å². The van der Waals surface area contributed by atoms with Gasteiger partial charge >= 0.3 is 0 Å². The molecule has 0 saturated carbocycles. The number of nitrogens with zero attached hydrogens (tertiary/aromatic N) is 1. The van der Waals surface area contributed by atoms with E-state index in [4.69, 9.17) is 5.11 Å². The van der Waals surface area contributed by atoms with E-state index < -0.39 is 62.3 Å². The molecule has 54 heavy (non-hydrogen) atoms. The van der Waals surface area contributed by atoms with Gasteiger partial charge < -0.3 is 10.0 Å². The van der Waals surface area contributed by atoms with Gasteiger partial charge in [-0.05, 0) is 34.7 Å². The summed E-state index contributed by atoms with van der Waals surface area (Å²) < 4.78 is 0. The molecule has 0 saturated heterocycles. The van der Waals surface area contributed by atoms with Gasteiger partial charge in [0.15, 0.2) is 0 Å². The maximum atomic E-state index is 7.00. The summed E-state index contributed by atoms with van der Waals surface area (Å²) in [7, 11) is -3.85. The van der Waals surface area contributed by atoms with Crippen molar-refractivity contribution in [3.63, 3.8) is 0 Å². The van der Waals surface area contributed by atoms with Crippen molar-refractivity contribution in [2.24, 2.45) is 0 Å². The van der Waals surface area contributed by atoms with Crippen molar-refractivity contribution in [1.82, 2.24) is 4.90 Å². The smallest absolute Gasteiger partial charge is 0.0725 e. The van der Waals surface area contributed by atoms with Crippen LogP contribution in [0.4, 0.5) is 0 Å². The summed E-state index contributed by atoms with van der Waals surface area (Å²) >= 11 is 0. The van der Waals surface area contributed by atoms with E-state index in [0.29, 0.717) is 21.7 Å². The fourth-order valence-electron chi connectivity index (χ4n) is 6.74. The number of aliphatic hydroxyl groups is 1. The highest BCUT2D eigenvalue weighted by molar-refractivity contribution is 8.37. The molecule has 1 unspecified atom stereocenters. The summed E-state index contributed by atoms with van der Waals surface area (Å²) in [5, 5.41) is 8.65. The summed E-state index contributed by atoms with van der Waals surface area (Å²) in [5.74, 6) is 0. The molecular formula is C41H114NOP3Si8. The highest BCUT2D eigenvalue weighted by Crippen LogP contribution is 2.72. The van der Waals surface area contributed by atoms with Crippen molar-refractivity contribution in [2.45, 2.75) is 242 Å². The molecule has 13 heteroatoms. The standard InChI is InChI=1S/C15H39PSi3.C9H27PSi3.C7H18Si.C6H15N.C3H11PSi.CH4O/c1-14(2,3)18(10,11)16(17(7,8)9)19(12,13)15(4,5)6;1-11(2,3)10(12(4,5)6)13(7,8)9;1-7(2,3)8(4,5)6;1-4-7(5-2)6-3;1-5(2,3)4;1-2/h1-13H3;1-9H3;1-6H3;4-6H2,1-3H3;4H2,1-3H3;2H,1H3. The molecule has 0 aliphatic carbocycles. The molecule has 0 rings (SSSR count). The summed E-state index contributed by atoms with van der Waals surface area (Å²) in [4.78, 5) is 2.38. The molecule has 0 amide bonds. The maximum Gasteiger partial charge on any atom is 0.0725 e. The van der Waals surface area contributed by atoms with Crippen LogP contribution in [-0.4, -0.2) is 99.0 Å². The Balaban J connectivity index is -0.000000143. The topological polar surface area (TPSA) is 23.5 Å². The van der Waals surface area contributed by atoms with Gasteiger partial charge in [-0.3, -0.25) is 0 Å². The average molecular weight is 955 g/mol. The summed E-state index contributed by atoms with van der Waals surface area (Å²) in [6, 6.07) is 0. The first-order valence-electron chi connectivity index (χ1n) is 21.4. The zero-order chi connectivity index (χ0) is 46.4. The van der Waals surface area contributed by atoms with Gasteiger partial charge in [0, 0.05) is 15.2 Å². The Labute approximate surface area is 360 Å². The van der Waals surface area contributed by atoms with E-state index in [1.807, 2.05) is 0 Å². The van der Waals surface area contributed by atoms with Crippen molar-refractivity contribution in [1.29, 1.82) is 0 Å². The van der Waals surface area contributed by atoms with E-state index >= 15 is 0 Å². The highest BCUT2D eigenvalue weighted by atomic mass is 31.8. The zero-order valence-electron chi connectivity index (χ0n) is 45.0.